The fraction of sp³-hybridized carbons (Fsp3) is 0.600. The Labute approximate surface area is 118 Å². The third-order valence-corrected chi connectivity index (χ3v) is 4.32. The van der Waals surface area contributed by atoms with Crippen molar-refractivity contribution in [1.82, 2.24) is 5.32 Å². The molecule has 2 atom stereocenters. The van der Waals surface area contributed by atoms with Crippen LogP contribution in [0, 0.1) is 0 Å². The summed E-state index contributed by atoms with van der Waals surface area (Å²) in [4.78, 5) is 0. The molecule has 108 valence electrons. The Morgan fingerprint density at radius 2 is 2.30 bits per heavy atom. The smallest absolute Gasteiger partial charge is 0.231 e. The van der Waals surface area contributed by atoms with E-state index in [9.17, 15) is 0 Å². The van der Waals surface area contributed by atoms with Crippen molar-refractivity contribution in [3.05, 3.63) is 17.7 Å². The van der Waals surface area contributed by atoms with E-state index in [1.54, 1.807) is 0 Å². The fourth-order valence-corrected chi connectivity index (χ4v) is 3.36. The molecule has 0 aromatic heterocycles. The summed E-state index contributed by atoms with van der Waals surface area (Å²) < 4.78 is 23.4. The number of benzene rings is 1. The highest BCUT2D eigenvalue weighted by Gasteiger charge is 2.45. The molecule has 5 heteroatoms. The highest BCUT2D eigenvalue weighted by molar-refractivity contribution is 5.58. The molecule has 1 saturated heterocycles. The lowest BCUT2D eigenvalue weighted by molar-refractivity contribution is -0.0367. The second-order valence-electron chi connectivity index (χ2n) is 5.58. The summed E-state index contributed by atoms with van der Waals surface area (Å²) >= 11 is 0. The van der Waals surface area contributed by atoms with Crippen molar-refractivity contribution >= 4 is 0 Å². The van der Waals surface area contributed by atoms with Crippen LogP contribution >= 0.6 is 0 Å². The van der Waals surface area contributed by atoms with E-state index < -0.39 is 0 Å². The van der Waals surface area contributed by atoms with Gasteiger partial charge in [0.25, 0.3) is 0 Å². The highest BCUT2D eigenvalue weighted by atomic mass is 16.7. The molecule has 0 amide bonds. The van der Waals surface area contributed by atoms with Crippen molar-refractivity contribution in [2.24, 2.45) is 0 Å². The summed E-state index contributed by atoms with van der Waals surface area (Å²) in [6.45, 7) is 4.84. The number of hydrogen-bond donors (Lipinski definition) is 1. The lowest BCUT2D eigenvalue weighted by atomic mass is 9.87. The third kappa shape index (κ3) is 1.77. The Morgan fingerprint density at radius 3 is 3.10 bits per heavy atom. The first kappa shape index (κ1) is 12.3. The predicted molar refractivity (Wildman–Crippen MR) is 72.4 cm³/mol. The molecular weight excluding hydrogens is 258 g/mol. The van der Waals surface area contributed by atoms with Crippen LogP contribution in [0.4, 0.5) is 0 Å². The van der Waals surface area contributed by atoms with Gasteiger partial charge in [0.15, 0.2) is 11.5 Å². The molecular formula is C15H19NO4. The van der Waals surface area contributed by atoms with Crippen LogP contribution in [0.25, 0.3) is 0 Å². The molecule has 5 nitrogen and oxygen atoms in total. The van der Waals surface area contributed by atoms with Crippen LogP contribution in [0.15, 0.2) is 12.1 Å². The summed E-state index contributed by atoms with van der Waals surface area (Å²) in [5.41, 5.74) is 0.905. The first-order valence-corrected chi connectivity index (χ1v) is 7.25. The van der Waals surface area contributed by atoms with Gasteiger partial charge in [-0.15, -0.1) is 0 Å². The molecule has 3 aliphatic rings. The number of hydrogen-bond acceptors (Lipinski definition) is 5. The average molecular weight is 277 g/mol. The van der Waals surface area contributed by atoms with E-state index in [1.807, 2.05) is 19.1 Å². The van der Waals surface area contributed by atoms with Crippen LogP contribution < -0.4 is 19.5 Å². The van der Waals surface area contributed by atoms with Gasteiger partial charge >= 0.3 is 0 Å². The first-order valence-electron chi connectivity index (χ1n) is 7.25. The van der Waals surface area contributed by atoms with Crippen molar-refractivity contribution in [1.29, 1.82) is 0 Å². The van der Waals surface area contributed by atoms with E-state index >= 15 is 0 Å². The van der Waals surface area contributed by atoms with Crippen LogP contribution in [0.2, 0.25) is 0 Å². The van der Waals surface area contributed by atoms with Gasteiger partial charge in [-0.3, -0.25) is 0 Å². The summed E-state index contributed by atoms with van der Waals surface area (Å²) in [7, 11) is 0. The van der Waals surface area contributed by atoms with Gasteiger partial charge in [0, 0.05) is 31.6 Å². The Bertz CT molecular complexity index is 525. The van der Waals surface area contributed by atoms with Crippen LogP contribution in [0.5, 0.6) is 17.2 Å². The summed E-state index contributed by atoms with van der Waals surface area (Å²) in [5.74, 6) is 2.31. The molecule has 0 radical (unpaired) electrons. The van der Waals surface area contributed by atoms with Gasteiger partial charge in [0.05, 0.1) is 6.10 Å². The average Bonchev–Trinajstić information content (AvgIpc) is 3.08. The number of ether oxygens (including phenoxy) is 4. The molecule has 3 aliphatic heterocycles. The van der Waals surface area contributed by atoms with Crippen LogP contribution in [0.1, 0.15) is 31.4 Å². The number of nitrogens with one attached hydrogen (secondary N) is 1. The van der Waals surface area contributed by atoms with Gasteiger partial charge in [0.1, 0.15) is 5.60 Å². The van der Waals surface area contributed by atoms with Gasteiger partial charge in [-0.1, -0.05) is 0 Å². The monoisotopic (exact) mass is 277 g/mol. The highest BCUT2D eigenvalue weighted by Crippen LogP contribution is 2.52. The zero-order valence-corrected chi connectivity index (χ0v) is 11.6. The maximum atomic E-state index is 6.35. The Kier molecular flexibility index (Phi) is 2.79. The largest absolute Gasteiger partial charge is 0.481 e. The zero-order valence-electron chi connectivity index (χ0n) is 11.6. The van der Waals surface area contributed by atoms with Gasteiger partial charge in [-0.25, -0.2) is 0 Å². The lowest BCUT2D eigenvalue weighted by Gasteiger charge is -2.39. The van der Waals surface area contributed by atoms with Gasteiger partial charge in [-0.05, 0) is 25.6 Å². The molecule has 0 bridgehead atoms. The minimum atomic E-state index is -0.173. The topological polar surface area (TPSA) is 49.0 Å². The number of rotatable bonds is 2. The second kappa shape index (κ2) is 4.53. The normalized spacial score (nSPS) is 30.4. The Balaban J connectivity index is 1.79. The van der Waals surface area contributed by atoms with E-state index in [2.05, 4.69) is 5.32 Å². The Morgan fingerprint density at radius 1 is 1.35 bits per heavy atom. The molecule has 3 heterocycles. The van der Waals surface area contributed by atoms with Crippen molar-refractivity contribution in [2.45, 2.75) is 31.5 Å². The van der Waals surface area contributed by atoms with Gasteiger partial charge < -0.3 is 24.3 Å². The third-order valence-electron chi connectivity index (χ3n) is 4.32. The first-order chi connectivity index (χ1) is 9.81. The van der Waals surface area contributed by atoms with Crippen LogP contribution in [0.3, 0.4) is 0 Å². The summed E-state index contributed by atoms with van der Waals surface area (Å²) in [6.07, 6.45) is 1.96. The lowest BCUT2D eigenvalue weighted by Crippen LogP contribution is -2.43. The molecule has 1 aromatic rings. The van der Waals surface area contributed by atoms with Crippen LogP contribution in [-0.4, -0.2) is 32.1 Å². The zero-order chi connectivity index (χ0) is 13.6. The molecule has 1 spiro atoms. The van der Waals surface area contributed by atoms with Crippen molar-refractivity contribution in [2.75, 3.05) is 26.5 Å². The maximum Gasteiger partial charge on any atom is 0.231 e. The van der Waals surface area contributed by atoms with Crippen molar-refractivity contribution < 1.29 is 18.9 Å². The molecule has 0 aliphatic carbocycles. The van der Waals surface area contributed by atoms with E-state index in [4.69, 9.17) is 18.9 Å². The van der Waals surface area contributed by atoms with Gasteiger partial charge in [-0.2, -0.15) is 0 Å². The summed E-state index contributed by atoms with van der Waals surface area (Å²) in [6, 6.07) is 3.99. The SMILES string of the molecule is CCOC1CC2(CCNC2)Oc2c1ccc1c2OCO1. The van der Waals surface area contributed by atoms with Crippen molar-refractivity contribution in [3.8, 4) is 17.2 Å². The standard InChI is InChI=1S/C15H19NO4/c1-2-17-12-7-15(5-6-16-8-15)20-13-10(12)3-4-11-14(13)19-9-18-11/h3-4,12,16H,2,5-9H2,1H3. The van der Waals surface area contributed by atoms with Crippen LogP contribution in [-0.2, 0) is 4.74 Å². The maximum absolute atomic E-state index is 6.35. The molecule has 1 N–H and O–H groups in total. The molecule has 20 heavy (non-hydrogen) atoms. The molecule has 1 aromatic carbocycles. The minimum Gasteiger partial charge on any atom is -0.481 e. The molecule has 0 saturated carbocycles. The minimum absolute atomic E-state index is 0.0677. The molecule has 1 fully saturated rings. The summed E-state index contributed by atoms with van der Waals surface area (Å²) in [5, 5.41) is 3.39. The Hall–Kier alpha value is -1.46. The van der Waals surface area contributed by atoms with E-state index in [0.29, 0.717) is 6.61 Å². The van der Waals surface area contributed by atoms with E-state index in [-0.39, 0.29) is 18.5 Å². The molecule has 4 rings (SSSR count). The van der Waals surface area contributed by atoms with E-state index in [1.165, 1.54) is 0 Å². The molecule has 2 unspecified atom stereocenters. The number of fused-ring (bicyclic) bond motifs is 3. The van der Waals surface area contributed by atoms with Crippen molar-refractivity contribution in [3.63, 3.8) is 0 Å². The fourth-order valence-electron chi connectivity index (χ4n) is 3.36. The second-order valence-corrected chi connectivity index (χ2v) is 5.58. The quantitative estimate of drug-likeness (QED) is 0.896. The van der Waals surface area contributed by atoms with E-state index in [0.717, 1.165) is 48.7 Å². The predicted octanol–water partition coefficient (Wildman–Crippen LogP) is 2.01. The van der Waals surface area contributed by atoms with Gasteiger partial charge in [0.2, 0.25) is 12.5 Å².